The van der Waals surface area contributed by atoms with Crippen LogP contribution in [0.2, 0.25) is 0 Å². The molecular weight excluding hydrogens is 260 g/mol. The van der Waals surface area contributed by atoms with Crippen LogP contribution in [0.5, 0.6) is 5.75 Å². The summed E-state index contributed by atoms with van der Waals surface area (Å²) in [7, 11) is 0. The second kappa shape index (κ2) is 6.06. The molecule has 0 radical (unpaired) electrons. The summed E-state index contributed by atoms with van der Waals surface area (Å²) in [5, 5.41) is 20.1. The van der Waals surface area contributed by atoms with Gasteiger partial charge in [-0.15, -0.1) is 0 Å². The molecule has 0 saturated heterocycles. The number of carbonyl (C=O) groups is 2. The first-order chi connectivity index (χ1) is 9.60. The van der Waals surface area contributed by atoms with Crippen LogP contribution in [-0.4, -0.2) is 29.6 Å². The summed E-state index contributed by atoms with van der Waals surface area (Å²) in [5.41, 5.74) is 0.501. The number of carboxylic acid groups (broad SMARTS) is 1. The first-order valence-electron chi connectivity index (χ1n) is 6.25. The number of carboxylic acids is 1. The lowest BCUT2D eigenvalue weighted by Crippen LogP contribution is -2.44. The average Bonchev–Trinajstić information content (AvgIpc) is 3.27. The van der Waals surface area contributed by atoms with Gasteiger partial charge in [0.05, 0.1) is 11.6 Å². The first kappa shape index (κ1) is 13.9. The van der Waals surface area contributed by atoms with Crippen molar-refractivity contribution < 1.29 is 19.4 Å². The summed E-state index contributed by atoms with van der Waals surface area (Å²) in [6, 6.07) is 7.48. The highest BCUT2D eigenvalue weighted by Crippen LogP contribution is 2.32. The molecule has 1 atom stereocenters. The SMILES string of the molecule is N#Cc1ccc(OCC(=O)NC(C(=O)O)C2CC2)cc1. The normalized spacial score (nSPS) is 14.9. The van der Waals surface area contributed by atoms with Crippen molar-refractivity contribution >= 4 is 11.9 Å². The zero-order chi connectivity index (χ0) is 14.5. The molecule has 1 amide bonds. The molecule has 1 aliphatic rings. The minimum atomic E-state index is -1.01. The standard InChI is InChI=1S/C14H14N2O4/c15-7-9-1-5-11(6-2-9)20-8-12(17)16-13(14(18)19)10-3-4-10/h1-2,5-6,10,13H,3-4,8H2,(H,16,17)(H,18,19). The Hall–Kier alpha value is -2.55. The van der Waals surface area contributed by atoms with Gasteiger partial charge in [0, 0.05) is 0 Å². The molecular formula is C14H14N2O4. The maximum absolute atomic E-state index is 11.6. The number of rotatable bonds is 6. The Morgan fingerprint density at radius 2 is 2.05 bits per heavy atom. The van der Waals surface area contributed by atoms with Crippen LogP contribution in [0.1, 0.15) is 18.4 Å². The van der Waals surface area contributed by atoms with Crippen molar-refractivity contribution in [2.24, 2.45) is 5.92 Å². The van der Waals surface area contributed by atoms with E-state index in [1.165, 1.54) is 0 Å². The summed E-state index contributed by atoms with van der Waals surface area (Å²) >= 11 is 0. The highest BCUT2D eigenvalue weighted by molar-refractivity contribution is 5.84. The third-order valence-electron chi connectivity index (χ3n) is 3.03. The number of carbonyl (C=O) groups excluding carboxylic acids is 1. The van der Waals surface area contributed by atoms with Gasteiger partial charge in [0.15, 0.2) is 6.61 Å². The van der Waals surface area contributed by atoms with Crippen LogP contribution in [0.3, 0.4) is 0 Å². The summed E-state index contributed by atoms with van der Waals surface area (Å²) < 4.78 is 5.23. The maximum atomic E-state index is 11.6. The smallest absolute Gasteiger partial charge is 0.326 e. The number of hydrogen-bond donors (Lipinski definition) is 2. The maximum Gasteiger partial charge on any atom is 0.326 e. The number of aliphatic carboxylic acids is 1. The van der Waals surface area contributed by atoms with E-state index in [0.717, 1.165) is 12.8 Å². The predicted molar refractivity (Wildman–Crippen MR) is 68.9 cm³/mol. The molecule has 0 aromatic heterocycles. The molecule has 1 aromatic rings. The van der Waals surface area contributed by atoms with E-state index < -0.39 is 17.9 Å². The molecule has 6 nitrogen and oxygen atoms in total. The van der Waals surface area contributed by atoms with Gasteiger partial charge in [0.1, 0.15) is 11.8 Å². The molecule has 1 saturated carbocycles. The molecule has 0 bridgehead atoms. The van der Waals surface area contributed by atoms with Crippen LogP contribution in [0, 0.1) is 17.2 Å². The van der Waals surface area contributed by atoms with E-state index in [1.54, 1.807) is 24.3 Å². The Kier molecular flexibility index (Phi) is 4.20. The fourth-order valence-electron chi connectivity index (χ4n) is 1.80. The number of hydrogen-bond acceptors (Lipinski definition) is 4. The average molecular weight is 274 g/mol. The van der Waals surface area contributed by atoms with E-state index in [4.69, 9.17) is 15.1 Å². The fraction of sp³-hybridized carbons (Fsp3) is 0.357. The van der Waals surface area contributed by atoms with Gasteiger partial charge < -0.3 is 15.2 Å². The topological polar surface area (TPSA) is 99.4 Å². The third kappa shape index (κ3) is 3.72. The van der Waals surface area contributed by atoms with Crippen molar-refractivity contribution in [2.75, 3.05) is 6.61 Å². The van der Waals surface area contributed by atoms with Crippen LogP contribution in [0.4, 0.5) is 0 Å². The fourth-order valence-corrected chi connectivity index (χ4v) is 1.80. The molecule has 2 N–H and O–H groups in total. The lowest BCUT2D eigenvalue weighted by Gasteiger charge is -2.13. The van der Waals surface area contributed by atoms with Crippen LogP contribution in [-0.2, 0) is 9.59 Å². The van der Waals surface area contributed by atoms with Crippen molar-refractivity contribution in [3.63, 3.8) is 0 Å². The zero-order valence-corrected chi connectivity index (χ0v) is 10.7. The lowest BCUT2D eigenvalue weighted by molar-refractivity contribution is -0.142. The van der Waals surface area contributed by atoms with Crippen molar-refractivity contribution in [3.05, 3.63) is 29.8 Å². The molecule has 1 fully saturated rings. The predicted octanol–water partition coefficient (Wildman–Crippen LogP) is 0.916. The van der Waals surface area contributed by atoms with Crippen LogP contribution in [0.25, 0.3) is 0 Å². The number of nitrogens with zero attached hydrogens (tertiary/aromatic N) is 1. The van der Waals surface area contributed by atoms with Crippen molar-refractivity contribution in [1.82, 2.24) is 5.32 Å². The van der Waals surface area contributed by atoms with Gasteiger partial charge in [0.2, 0.25) is 0 Å². The van der Waals surface area contributed by atoms with Gasteiger partial charge in [-0.1, -0.05) is 0 Å². The zero-order valence-electron chi connectivity index (χ0n) is 10.7. The van der Waals surface area contributed by atoms with Crippen LogP contribution < -0.4 is 10.1 Å². The summed E-state index contributed by atoms with van der Waals surface area (Å²) in [4.78, 5) is 22.6. The number of nitriles is 1. The quantitative estimate of drug-likeness (QED) is 0.803. The number of ether oxygens (including phenoxy) is 1. The Morgan fingerprint density at radius 3 is 2.55 bits per heavy atom. The Morgan fingerprint density at radius 1 is 1.40 bits per heavy atom. The van der Waals surface area contributed by atoms with E-state index >= 15 is 0 Å². The second-order valence-electron chi connectivity index (χ2n) is 4.65. The summed E-state index contributed by atoms with van der Waals surface area (Å²) in [5.74, 6) is -0.989. The molecule has 20 heavy (non-hydrogen) atoms. The van der Waals surface area contributed by atoms with Crippen LogP contribution in [0.15, 0.2) is 24.3 Å². The highest BCUT2D eigenvalue weighted by Gasteiger charge is 2.37. The van der Waals surface area contributed by atoms with Gasteiger partial charge in [-0.3, -0.25) is 4.79 Å². The molecule has 0 spiro atoms. The van der Waals surface area contributed by atoms with Crippen LogP contribution >= 0.6 is 0 Å². The number of amides is 1. The van der Waals surface area contributed by atoms with Gasteiger partial charge in [-0.2, -0.15) is 5.26 Å². The van der Waals surface area contributed by atoms with Crippen molar-refractivity contribution in [3.8, 4) is 11.8 Å². The van der Waals surface area contributed by atoms with Crippen molar-refractivity contribution in [1.29, 1.82) is 5.26 Å². The van der Waals surface area contributed by atoms with Crippen molar-refractivity contribution in [2.45, 2.75) is 18.9 Å². The highest BCUT2D eigenvalue weighted by atomic mass is 16.5. The van der Waals surface area contributed by atoms with E-state index in [1.807, 2.05) is 6.07 Å². The molecule has 1 aromatic carbocycles. The molecule has 6 heteroatoms. The largest absolute Gasteiger partial charge is 0.484 e. The Labute approximate surface area is 116 Å². The second-order valence-corrected chi connectivity index (χ2v) is 4.65. The lowest BCUT2D eigenvalue weighted by atomic mass is 10.2. The minimum absolute atomic E-state index is 0.0337. The molecule has 2 rings (SSSR count). The number of nitrogens with one attached hydrogen (secondary N) is 1. The Balaban J connectivity index is 1.82. The summed E-state index contributed by atoms with van der Waals surface area (Å²) in [6.07, 6.45) is 1.65. The van der Waals surface area contributed by atoms with Gasteiger partial charge in [0.25, 0.3) is 5.91 Å². The third-order valence-corrected chi connectivity index (χ3v) is 3.03. The summed E-state index contributed by atoms with van der Waals surface area (Å²) in [6.45, 7) is -0.248. The first-order valence-corrected chi connectivity index (χ1v) is 6.25. The molecule has 1 unspecified atom stereocenters. The molecule has 0 heterocycles. The van der Waals surface area contributed by atoms with Gasteiger partial charge >= 0.3 is 5.97 Å². The molecule has 0 aliphatic heterocycles. The van der Waals surface area contributed by atoms with E-state index in [-0.39, 0.29) is 12.5 Å². The monoisotopic (exact) mass is 274 g/mol. The minimum Gasteiger partial charge on any atom is -0.484 e. The number of benzene rings is 1. The van der Waals surface area contributed by atoms with E-state index in [9.17, 15) is 9.59 Å². The molecule has 1 aliphatic carbocycles. The van der Waals surface area contributed by atoms with E-state index in [2.05, 4.69) is 5.32 Å². The van der Waals surface area contributed by atoms with E-state index in [0.29, 0.717) is 11.3 Å². The van der Waals surface area contributed by atoms with Gasteiger partial charge in [-0.25, -0.2) is 4.79 Å². The van der Waals surface area contributed by atoms with Gasteiger partial charge in [-0.05, 0) is 43.0 Å². The Bertz CT molecular complexity index is 543. The molecule has 104 valence electrons.